The fourth-order valence-electron chi connectivity index (χ4n) is 2.22. The molecule has 0 rings (SSSR count). The zero-order valence-corrected chi connectivity index (χ0v) is 12.7. The van der Waals surface area contributed by atoms with E-state index in [1.165, 1.54) is 0 Å². The SMILES string of the molecule is C=CCCCCC(=O)CCCCCCCCCC(=O)O. The Bertz CT molecular complexity index is 271. The van der Waals surface area contributed by atoms with Crippen LogP contribution in [0.4, 0.5) is 0 Å². The Morgan fingerprint density at radius 3 is 1.70 bits per heavy atom. The van der Waals surface area contributed by atoms with Gasteiger partial charge >= 0.3 is 5.97 Å². The van der Waals surface area contributed by atoms with Crippen molar-refractivity contribution in [1.82, 2.24) is 0 Å². The van der Waals surface area contributed by atoms with Gasteiger partial charge in [0.2, 0.25) is 0 Å². The molecule has 0 aromatic carbocycles. The van der Waals surface area contributed by atoms with Gasteiger partial charge in [0.15, 0.2) is 0 Å². The van der Waals surface area contributed by atoms with Gasteiger partial charge < -0.3 is 5.11 Å². The molecule has 0 amide bonds. The number of carboxylic acid groups (broad SMARTS) is 1. The van der Waals surface area contributed by atoms with Crippen LogP contribution in [-0.4, -0.2) is 16.9 Å². The first-order chi connectivity index (χ1) is 9.66. The van der Waals surface area contributed by atoms with Gasteiger partial charge in [0.05, 0.1) is 0 Å². The van der Waals surface area contributed by atoms with Gasteiger partial charge in [-0.25, -0.2) is 0 Å². The number of rotatable bonds is 15. The van der Waals surface area contributed by atoms with E-state index in [-0.39, 0.29) is 0 Å². The van der Waals surface area contributed by atoms with Gasteiger partial charge in [-0.15, -0.1) is 6.58 Å². The minimum absolute atomic E-state index is 0.292. The van der Waals surface area contributed by atoms with E-state index in [1.807, 2.05) is 6.08 Å². The van der Waals surface area contributed by atoms with Crippen molar-refractivity contribution in [3.8, 4) is 0 Å². The normalized spacial score (nSPS) is 10.4. The molecule has 0 aliphatic carbocycles. The summed E-state index contributed by atoms with van der Waals surface area (Å²) in [7, 11) is 0. The van der Waals surface area contributed by atoms with Crippen LogP contribution in [-0.2, 0) is 9.59 Å². The molecule has 3 nitrogen and oxygen atoms in total. The van der Waals surface area contributed by atoms with Crippen LogP contribution in [0.1, 0.15) is 83.5 Å². The van der Waals surface area contributed by atoms with Gasteiger partial charge in [-0.3, -0.25) is 9.59 Å². The second-order valence-corrected chi connectivity index (χ2v) is 5.44. The first kappa shape index (κ1) is 18.9. The van der Waals surface area contributed by atoms with Crippen LogP contribution >= 0.6 is 0 Å². The molecule has 0 heterocycles. The molecule has 0 bridgehead atoms. The molecule has 0 atom stereocenters. The molecule has 20 heavy (non-hydrogen) atoms. The number of Topliss-reactive ketones (excluding diaryl/α,β-unsaturated/α-hetero) is 1. The summed E-state index contributed by atoms with van der Waals surface area (Å²) < 4.78 is 0. The predicted molar refractivity (Wildman–Crippen MR) is 82.9 cm³/mol. The fraction of sp³-hybridized carbons (Fsp3) is 0.765. The van der Waals surface area contributed by atoms with Gasteiger partial charge in [0.25, 0.3) is 0 Å². The topological polar surface area (TPSA) is 54.4 Å². The average Bonchev–Trinajstić information content (AvgIpc) is 2.41. The number of hydrogen-bond acceptors (Lipinski definition) is 2. The summed E-state index contributed by atoms with van der Waals surface area (Å²) in [5.41, 5.74) is 0. The van der Waals surface area contributed by atoms with Crippen LogP contribution in [0.25, 0.3) is 0 Å². The molecule has 0 spiro atoms. The quantitative estimate of drug-likeness (QED) is 0.343. The molecule has 0 aromatic rings. The third kappa shape index (κ3) is 14.9. The maximum atomic E-state index is 11.6. The number of carbonyl (C=O) groups is 2. The minimum atomic E-state index is -0.698. The summed E-state index contributed by atoms with van der Waals surface area (Å²) >= 11 is 0. The lowest BCUT2D eigenvalue weighted by Gasteiger charge is -2.02. The molecule has 0 saturated heterocycles. The van der Waals surface area contributed by atoms with E-state index in [4.69, 9.17) is 5.11 Å². The Hall–Kier alpha value is -1.12. The minimum Gasteiger partial charge on any atom is -0.481 e. The van der Waals surface area contributed by atoms with Crippen molar-refractivity contribution in [1.29, 1.82) is 0 Å². The second-order valence-electron chi connectivity index (χ2n) is 5.44. The number of carboxylic acids is 1. The third-order valence-electron chi connectivity index (χ3n) is 3.46. The number of unbranched alkanes of at least 4 members (excludes halogenated alkanes) is 8. The van der Waals surface area contributed by atoms with Gasteiger partial charge in [0, 0.05) is 19.3 Å². The van der Waals surface area contributed by atoms with Gasteiger partial charge in [-0.2, -0.15) is 0 Å². The van der Waals surface area contributed by atoms with Crippen molar-refractivity contribution in [3.63, 3.8) is 0 Å². The van der Waals surface area contributed by atoms with E-state index in [0.29, 0.717) is 12.2 Å². The molecule has 1 N–H and O–H groups in total. The Balaban J connectivity index is 3.17. The molecule has 0 aliphatic rings. The van der Waals surface area contributed by atoms with E-state index in [1.54, 1.807) is 0 Å². The van der Waals surface area contributed by atoms with Crippen molar-refractivity contribution >= 4 is 11.8 Å². The molecule has 116 valence electrons. The van der Waals surface area contributed by atoms with Crippen molar-refractivity contribution in [2.75, 3.05) is 0 Å². The van der Waals surface area contributed by atoms with Crippen molar-refractivity contribution in [3.05, 3.63) is 12.7 Å². The highest BCUT2D eigenvalue weighted by molar-refractivity contribution is 5.78. The van der Waals surface area contributed by atoms with Crippen LogP contribution in [0, 0.1) is 0 Å². The predicted octanol–water partition coefficient (Wildman–Crippen LogP) is 4.90. The Morgan fingerprint density at radius 2 is 1.20 bits per heavy atom. The second kappa shape index (κ2) is 14.3. The highest BCUT2D eigenvalue weighted by atomic mass is 16.4. The van der Waals surface area contributed by atoms with Crippen LogP contribution in [0.3, 0.4) is 0 Å². The Kier molecular flexibility index (Phi) is 13.5. The Morgan fingerprint density at radius 1 is 0.750 bits per heavy atom. The van der Waals surface area contributed by atoms with E-state index >= 15 is 0 Å². The van der Waals surface area contributed by atoms with Gasteiger partial charge in [-0.1, -0.05) is 38.2 Å². The highest BCUT2D eigenvalue weighted by Gasteiger charge is 2.01. The zero-order valence-electron chi connectivity index (χ0n) is 12.7. The van der Waals surface area contributed by atoms with Crippen LogP contribution in [0.5, 0.6) is 0 Å². The molecule has 0 radical (unpaired) electrons. The van der Waals surface area contributed by atoms with Gasteiger partial charge in [0.1, 0.15) is 5.78 Å². The first-order valence-corrected chi connectivity index (χ1v) is 8.01. The van der Waals surface area contributed by atoms with Crippen LogP contribution in [0.2, 0.25) is 0 Å². The van der Waals surface area contributed by atoms with Crippen LogP contribution in [0.15, 0.2) is 12.7 Å². The third-order valence-corrected chi connectivity index (χ3v) is 3.46. The van der Waals surface area contributed by atoms with Gasteiger partial charge in [-0.05, 0) is 32.1 Å². The lowest BCUT2D eigenvalue weighted by Crippen LogP contribution is -1.97. The standard InChI is InChI=1S/C17H30O3/c1-2-3-4-10-13-16(18)14-11-8-6-5-7-9-12-15-17(19)20/h2H,1,3-15H2,(H,19,20). The maximum absolute atomic E-state index is 11.6. The van der Waals surface area contributed by atoms with Crippen molar-refractivity contribution in [2.24, 2.45) is 0 Å². The molecule has 0 unspecified atom stereocenters. The lowest BCUT2D eigenvalue weighted by atomic mass is 10.0. The van der Waals surface area contributed by atoms with E-state index in [2.05, 4.69) is 6.58 Å². The lowest BCUT2D eigenvalue weighted by molar-refractivity contribution is -0.137. The molecule has 0 aliphatic heterocycles. The molecule has 3 heteroatoms. The largest absolute Gasteiger partial charge is 0.481 e. The van der Waals surface area contributed by atoms with E-state index in [9.17, 15) is 9.59 Å². The molecule has 0 fully saturated rings. The summed E-state index contributed by atoms with van der Waals surface area (Å²) in [6, 6.07) is 0. The summed E-state index contributed by atoms with van der Waals surface area (Å²) in [5, 5.41) is 8.49. The van der Waals surface area contributed by atoms with Crippen molar-refractivity contribution in [2.45, 2.75) is 83.5 Å². The molecule has 0 aromatic heterocycles. The maximum Gasteiger partial charge on any atom is 0.303 e. The summed E-state index contributed by atoms with van der Waals surface area (Å²) in [5.74, 6) is -0.299. The monoisotopic (exact) mass is 282 g/mol. The Labute approximate surface area is 123 Å². The molecular weight excluding hydrogens is 252 g/mol. The number of allylic oxidation sites excluding steroid dienone is 1. The summed E-state index contributed by atoms with van der Waals surface area (Å²) in [4.78, 5) is 21.9. The van der Waals surface area contributed by atoms with Crippen molar-refractivity contribution < 1.29 is 14.7 Å². The first-order valence-electron chi connectivity index (χ1n) is 8.01. The smallest absolute Gasteiger partial charge is 0.303 e. The fourth-order valence-corrected chi connectivity index (χ4v) is 2.22. The summed E-state index contributed by atoms with van der Waals surface area (Å²) in [6.45, 7) is 3.67. The van der Waals surface area contributed by atoms with E-state index in [0.717, 1.165) is 77.0 Å². The van der Waals surface area contributed by atoms with Crippen LogP contribution < -0.4 is 0 Å². The molecule has 0 saturated carbocycles. The number of carbonyl (C=O) groups excluding carboxylic acids is 1. The van der Waals surface area contributed by atoms with E-state index < -0.39 is 5.97 Å². The average molecular weight is 282 g/mol. The highest BCUT2D eigenvalue weighted by Crippen LogP contribution is 2.11. The zero-order chi connectivity index (χ0) is 15.1. The number of hydrogen-bond donors (Lipinski definition) is 1. The molecular formula is C17H30O3. The summed E-state index contributed by atoms with van der Waals surface area (Å²) in [6.07, 6.45) is 14.1. The number of aliphatic carboxylic acids is 1. The number of ketones is 1.